The number of ether oxygens (including phenoxy) is 2. The fourth-order valence-corrected chi connectivity index (χ4v) is 2.44. The summed E-state index contributed by atoms with van der Waals surface area (Å²) in [4.78, 5) is 13.4. The molecular formula is C20H19F2N3O3. The summed E-state index contributed by atoms with van der Waals surface area (Å²) in [6, 6.07) is 8.87. The van der Waals surface area contributed by atoms with E-state index in [9.17, 15) is 13.6 Å². The minimum absolute atomic E-state index is 0.00748. The van der Waals surface area contributed by atoms with Gasteiger partial charge in [0.15, 0.2) is 29.7 Å². The van der Waals surface area contributed by atoms with Gasteiger partial charge in [0.2, 0.25) is 5.91 Å². The standard InChI is InChI=1S/C20H19F2N3O3/c1-25(2)20-15(21)11-14(12-16(20)22)24-19(26)7-5-13-4-6-17(28-9-8-23)18(10-13)27-3/h4-7,10-12H,9H2,1-3H3,(H,24,26). The van der Waals surface area contributed by atoms with Gasteiger partial charge in [-0.3, -0.25) is 4.79 Å². The highest BCUT2D eigenvalue weighted by Gasteiger charge is 2.13. The molecule has 0 unspecified atom stereocenters. The summed E-state index contributed by atoms with van der Waals surface area (Å²) in [6.45, 7) is -0.117. The van der Waals surface area contributed by atoms with Crippen molar-refractivity contribution in [1.82, 2.24) is 0 Å². The lowest BCUT2D eigenvalue weighted by Crippen LogP contribution is -2.14. The number of methoxy groups -OCH3 is 1. The largest absolute Gasteiger partial charge is 0.493 e. The zero-order valence-corrected chi connectivity index (χ0v) is 15.6. The van der Waals surface area contributed by atoms with Crippen LogP contribution in [0.15, 0.2) is 36.4 Å². The lowest BCUT2D eigenvalue weighted by Gasteiger charge is -2.15. The topological polar surface area (TPSA) is 74.6 Å². The van der Waals surface area contributed by atoms with E-state index in [4.69, 9.17) is 14.7 Å². The SMILES string of the molecule is COc1cc(C=CC(=O)Nc2cc(F)c(N(C)C)c(F)c2)ccc1OCC#N. The fourth-order valence-electron chi connectivity index (χ4n) is 2.44. The number of nitrogens with one attached hydrogen (secondary N) is 1. The Balaban J connectivity index is 2.11. The minimum atomic E-state index is -0.776. The van der Waals surface area contributed by atoms with Crippen LogP contribution in [0.3, 0.4) is 0 Å². The number of rotatable bonds is 7. The number of hydrogen-bond donors (Lipinski definition) is 1. The van der Waals surface area contributed by atoms with Crippen molar-refractivity contribution in [3.63, 3.8) is 0 Å². The summed E-state index contributed by atoms with van der Waals surface area (Å²) in [5.74, 6) is -1.30. The van der Waals surface area contributed by atoms with Crippen molar-refractivity contribution in [2.75, 3.05) is 38.0 Å². The zero-order valence-electron chi connectivity index (χ0n) is 15.6. The first-order valence-corrected chi connectivity index (χ1v) is 8.19. The quantitative estimate of drug-likeness (QED) is 0.735. The number of hydrogen-bond acceptors (Lipinski definition) is 5. The normalized spacial score (nSPS) is 10.4. The average molecular weight is 387 g/mol. The molecule has 8 heteroatoms. The van der Waals surface area contributed by atoms with Crippen LogP contribution >= 0.6 is 0 Å². The maximum Gasteiger partial charge on any atom is 0.248 e. The second kappa shape index (κ2) is 9.37. The Bertz CT molecular complexity index is 914. The maximum atomic E-state index is 14.0. The Hall–Kier alpha value is -3.60. The molecule has 0 heterocycles. The molecule has 0 aliphatic carbocycles. The van der Waals surface area contributed by atoms with Gasteiger partial charge in [-0.1, -0.05) is 6.07 Å². The van der Waals surface area contributed by atoms with Crippen molar-refractivity contribution in [2.24, 2.45) is 0 Å². The van der Waals surface area contributed by atoms with Gasteiger partial charge in [-0.2, -0.15) is 5.26 Å². The predicted molar refractivity (Wildman–Crippen MR) is 102 cm³/mol. The Morgan fingerprint density at radius 2 is 1.89 bits per heavy atom. The molecule has 0 atom stereocenters. The van der Waals surface area contributed by atoms with Gasteiger partial charge in [0.1, 0.15) is 11.8 Å². The molecule has 2 aromatic carbocycles. The maximum absolute atomic E-state index is 14.0. The smallest absolute Gasteiger partial charge is 0.248 e. The number of nitrogens with zero attached hydrogens (tertiary/aromatic N) is 2. The highest BCUT2D eigenvalue weighted by Crippen LogP contribution is 2.29. The third-order valence-corrected chi connectivity index (χ3v) is 3.64. The molecule has 0 fully saturated rings. The van der Waals surface area contributed by atoms with Crippen LogP contribution in [0.2, 0.25) is 0 Å². The van der Waals surface area contributed by atoms with Crippen LogP contribution in [0.25, 0.3) is 6.08 Å². The highest BCUT2D eigenvalue weighted by atomic mass is 19.1. The molecule has 0 spiro atoms. The van der Waals surface area contributed by atoms with E-state index < -0.39 is 17.5 Å². The first-order valence-electron chi connectivity index (χ1n) is 8.19. The summed E-state index contributed by atoms with van der Waals surface area (Å²) >= 11 is 0. The van der Waals surface area contributed by atoms with E-state index in [-0.39, 0.29) is 18.0 Å². The molecule has 28 heavy (non-hydrogen) atoms. The summed E-state index contributed by atoms with van der Waals surface area (Å²) in [5.41, 5.74) is 0.462. The summed E-state index contributed by atoms with van der Waals surface area (Å²) in [5, 5.41) is 11.0. The molecule has 0 bridgehead atoms. The molecule has 0 saturated heterocycles. The van der Waals surface area contributed by atoms with Crippen molar-refractivity contribution in [2.45, 2.75) is 0 Å². The van der Waals surface area contributed by atoms with E-state index in [1.807, 2.05) is 6.07 Å². The van der Waals surface area contributed by atoms with Crippen LogP contribution in [0.4, 0.5) is 20.2 Å². The lowest BCUT2D eigenvalue weighted by molar-refractivity contribution is -0.111. The third-order valence-electron chi connectivity index (χ3n) is 3.64. The Morgan fingerprint density at radius 1 is 1.21 bits per heavy atom. The van der Waals surface area contributed by atoms with Crippen molar-refractivity contribution < 1.29 is 23.0 Å². The van der Waals surface area contributed by atoms with Gasteiger partial charge in [0.25, 0.3) is 0 Å². The van der Waals surface area contributed by atoms with Crippen molar-refractivity contribution >= 4 is 23.4 Å². The van der Waals surface area contributed by atoms with E-state index in [1.165, 1.54) is 38.3 Å². The molecule has 2 rings (SSSR count). The van der Waals surface area contributed by atoms with Crippen LogP contribution in [0.1, 0.15) is 5.56 Å². The van der Waals surface area contributed by atoms with E-state index in [2.05, 4.69) is 5.32 Å². The first kappa shape index (κ1) is 20.7. The van der Waals surface area contributed by atoms with Gasteiger partial charge in [-0.05, 0) is 35.9 Å². The monoisotopic (exact) mass is 387 g/mol. The van der Waals surface area contributed by atoms with Crippen LogP contribution < -0.4 is 19.7 Å². The molecular weight excluding hydrogens is 368 g/mol. The van der Waals surface area contributed by atoms with E-state index in [0.717, 1.165) is 12.1 Å². The minimum Gasteiger partial charge on any atom is -0.493 e. The zero-order chi connectivity index (χ0) is 20.7. The fraction of sp³-hybridized carbons (Fsp3) is 0.200. The van der Waals surface area contributed by atoms with Crippen molar-refractivity contribution in [3.8, 4) is 17.6 Å². The van der Waals surface area contributed by atoms with Crippen molar-refractivity contribution in [1.29, 1.82) is 5.26 Å². The van der Waals surface area contributed by atoms with E-state index in [0.29, 0.717) is 17.1 Å². The van der Waals surface area contributed by atoms with Gasteiger partial charge in [-0.15, -0.1) is 0 Å². The molecule has 0 aliphatic rings. The summed E-state index contributed by atoms with van der Waals surface area (Å²) < 4.78 is 38.4. The second-order valence-electron chi connectivity index (χ2n) is 5.86. The molecule has 1 N–H and O–H groups in total. The molecule has 0 radical (unpaired) electrons. The molecule has 0 aliphatic heterocycles. The Kier molecular flexibility index (Phi) is 6.93. The third kappa shape index (κ3) is 5.20. The summed E-state index contributed by atoms with van der Waals surface area (Å²) in [7, 11) is 4.50. The van der Waals surface area contributed by atoms with Gasteiger partial charge in [0.05, 0.1) is 7.11 Å². The number of amides is 1. The van der Waals surface area contributed by atoms with Gasteiger partial charge in [0, 0.05) is 25.9 Å². The number of carbonyl (C=O) groups is 1. The molecule has 6 nitrogen and oxygen atoms in total. The highest BCUT2D eigenvalue weighted by molar-refractivity contribution is 6.02. The summed E-state index contributed by atoms with van der Waals surface area (Å²) in [6.07, 6.45) is 2.73. The van der Waals surface area contributed by atoms with E-state index >= 15 is 0 Å². The number of carbonyl (C=O) groups excluding carboxylic acids is 1. The van der Waals surface area contributed by atoms with Crippen LogP contribution in [0.5, 0.6) is 11.5 Å². The number of nitriles is 1. The van der Waals surface area contributed by atoms with Crippen LogP contribution in [-0.2, 0) is 4.79 Å². The van der Waals surface area contributed by atoms with Gasteiger partial charge >= 0.3 is 0 Å². The molecule has 146 valence electrons. The Morgan fingerprint density at radius 3 is 2.46 bits per heavy atom. The average Bonchev–Trinajstić information content (AvgIpc) is 2.64. The number of benzene rings is 2. The second-order valence-corrected chi connectivity index (χ2v) is 5.86. The van der Waals surface area contributed by atoms with Gasteiger partial charge < -0.3 is 19.7 Å². The van der Waals surface area contributed by atoms with E-state index in [1.54, 1.807) is 18.2 Å². The molecule has 1 amide bonds. The van der Waals surface area contributed by atoms with Crippen LogP contribution in [0, 0.1) is 23.0 Å². The predicted octanol–water partition coefficient (Wildman–Crippen LogP) is 3.59. The van der Waals surface area contributed by atoms with Gasteiger partial charge in [-0.25, -0.2) is 8.78 Å². The molecule has 2 aromatic rings. The first-order chi connectivity index (χ1) is 13.3. The number of anilines is 2. The number of halogens is 2. The molecule has 0 aromatic heterocycles. The Labute approximate surface area is 161 Å². The lowest BCUT2D eigenvalue weighted by atomic mass is 10.2. The van der Waals surface area contributed by atoms with Crippen LogP contribution in [-0.4, -0.2) is 33.7 Å². The van der Waals surface area contributed by atoms with Crippen molar-refractivity contribution in [3.05, 3.63) is 53.6 Å². The molecule has 0 saturated carbocycles.